The number of anilines is 1. The highest BCUT2D eigenvalue weighted by atomic mass is 79.9. The number of aromatic nitrogens is 4. The van der Waals surface area contributed by atoms with Crippen LogP contribution in [0.5, 0.6) is 0 Å². The second-order valence-electron chi connectivity index (χ2n) is 6.01. The highest BCUT2D eigenvalue weighted by molar-refractivity contribution is 9.13. The molecule has 0 radical (unpaired) electrons. The molecule has 2 heterocycles. The quantitative estimate of drug-likeness (QED) is 0.508. The molecule has 0 atom stereocenters. The van der Waals surface area contributed by atoms with E-state index in [0.29, 0.717) is 32.6 Å². The van der Waals surface area contributed by atoms with Gasteiger partial charge in [-0.3, -0.25) is 14.6 Å². The number of H-pyrrole nitrogens is 1. The first-order valence-corrected chi connectivity index (χ1v) is 9.83. The van der Waals surface area contributed by atoms with Crippen LogP contribution in [0.2, 0.25) is 0 Å². The molecule has 146 valence electrons. The van der Waals surface area contributed by atoms with Crippen LogP contribution in [0, 0.1) is 13.8 Å². The Bertz CT molecular complexity index is 1060. The summed E-state index contributed by atoms with van der Waals surface area (Å²) in [4.78, 5) is 24.6. The maximum Gasteiger partial charge on any atom is 0.338 e. The third-order valence-corrected chi connectivity index (χ3v) is 6.12. The van der Waals surface area contributed by atoms with E-state index in [-0.39, 0.29) is 11.6 Å². The van der Waals surface area contributed by atoms with Crippen LogP contribution in [0.25, 0.3) is 0 Å². The lowest BCUT2D eigenvalue weighted by atomic mass is 10.1. The van der Waals surface area contributed by atoms with Crippen LogP contribution in [-0.2, 0) is 11.3 Å². The van der Waals surface area contributed by atoms with E-state index >= 15 is 0 Å². The zero-order valence-electron chi connectivity index (χ0n) is 15.3. The van der Waals surface area contributed by atoms with E-state index in [1.54, 1.807) is 23.7 Å². The van der Waals surface area contributed by atoms with Gasteiger partial charge < -0.3 is 10.1 Å². The van der Waals surface area contributed by atoms with Gasteiger partial charge in [-0.15, -0.1) is 0 Å². The van der Waals surface area contributed by atoms with Crippen molar-refractivity contribution in [2.45, 2.75) is 20.4 Å². The molecule has 0 aliphatic carbocycles. The number of aromatic amines is 1. The fourth-order valence-electron chi connectivity index (χ4n) is 2.79. The number of nitrogens with one attached hydrogen (secondary N) is 2. The fraction of sp³-hybridized carbons (Fsp3) is 0.222. The molecular weight excluding hydrogens is 494 g/mol. The summed E-state index contributed by atoms with van der Waals surface area (Å²) < 4.78 is 7.71. The lowest BCUT2D eigenvalue weighted by Crippen LogP contribution is -2.15. The van der Waals surface area contributed by atoms with Crippen molar-refractivity contribution in [3.63, 3.8) is 0 Å². The number of carbonyl (C=O) groups excluding carboxylic acids is 2. The van der Waals surface area contributed by atoms with Gasteiger partial charge in [0.05, 0.1) is 40.8 Å². The van der Waals surface area contributed by atoms with Crippen molar-refractivity contribution in [2.75, 3.05) is 12.4 Å². The van der Waals surface area contributed by atoms with Crippen LogP contribution < -0.4 is 5.32 Å². The van der Waals surface area contributed by atoms with Gasteiger partial charge in [0, 0.05) is 0 Å². The summed E-state index contributed by atoms with van der Waals surface area (Å²) in [7, 11) is 1.35. The first-order valence-electron chi connectivity index (χ1n) is 8.24. The molecule has 3 aromatic rings. The molecule has 10 heteroatoms. The van der Waals surface area contributed by atoms with Crippen LogP contribution in [0.4, 0.5) is 5.69 Å². The van der Waals surface area contributed by atoms with Gasteiger partial charge >= 0.3 is 5.97 Å². The number of hydrogen-bond acceptors (Lipinski definition) is 5. The van der Waals surface area contributed by atoms with Gasteiger partial charge in [0.15, 0.2) is 5.69 Å². The number of esters is 1. The Hall–Kier alpha value is -2.46. The number of ether oxygens (including phenoxy) is 1. The van der Waals surface area contributed by atoms with E-state index in [2.05, 4.69) is 52.5 Å². The number of amides is 1. The van der Waals surface area contributed by atoms with Crippen molar-refractivity contribution < 1.29 is 14.3 Å². The largest absolute Gasteiger partial charge is 0.465 e. The zero-order valence-corrected chi connectivity index (χ0v) is 18.5. The molecule has 0 aliphatic heterocycles. The van der Waals surface area contributed by atoms with Crippen molar-refractivity contribution in [3.8, 4) is 0 Å². The van der Waals surface area contributed by atoms with E-state index in [1.807, 2.05) is 19.1 Å². The lowest BCUT2D eigenvalue weighted by molar-refractivity contribution is 0.0599. The van der Waals surface area contributed by atoms with E-state index in [4.69, 9.17) is 4.74 Å². The molecule has 2 N–H and O–H groups in total. The van der Waals surface area contributed by atoms with E-state index in [1.165, 1.54) is 7.11 Å². The average Bonchev–Trinajstić information content (AvgIpc) is 3.15. The molecule has 0 spiro atoms. The van der Waals surface area contributed by atoms with Crippen molar-refractivity contribution in [1.29, 1.82) is 0 Å². The molecule has 0 unspecified atom stereocenters. The molecule has 0 saturated heterocycles. The normalized spacial score (nSPS) is 10.8. The van der Waals surface area contributed by atoms with E-state index in [9.17, 15) is 9.59 Å². The molecular formula is C18H17Br2N5O3. The minimum Gasteiger partial charge on any atom is -0.465 e. The standard InChI is InChI=1S/C18H17Br2N5O3/c1-9-14(21-17(26)15-13(19)16(20)23-22-15)10(2)25(24-9)8-11-6-4-5-7-12(11)18(27)28-3/h4-7H,8H2,1-3H3,(H,21,26)(H,22,23). The number of rotatable bonds is 5. The molecule has 28 heavy (non-hydrogen) atoms. The molecule has 0 bridgehead atoms. The van der Waals surface area contributed by atoms with Crippen molar-refractivity contribution in [1.82, 2.24) is 20.0 Å². The molecule has 3 rings (SSSR count). The maximum absolute atomic E-state index is 12.6. The van der Waals surface area contributed by atoms with Crippen molar-refractivity contribution in [3.05, 3.63) is 61.6 Å². The average molecular weight is 511 g/mol. The van der Waals surface area contributed by atoms with Gasteiger partial charge in [0.2, 0.25) is 0 Å². The Labute approximate surface area is 177 Å². The predicted molar refractivity (Wildman–Crippen MR) is 111 cm³/mol. The van der Waals surface area contributed by atoms with Gasteiger partial charge in [0.1, 0.15) is 4.60 Å². The minimum atomic E-state index is -0.403. The molecule has 1 aromatic carbocycles. The van der Waals surface area contributed by atoms with Crippen LogP contribution in [-0.4, -0.2) is 39.0 Å². The Morgan fingerprint density at radius 1 is 1.25 bits per heavy atom. The third-order valence-electron chi connectivity index (χ3n) is 4.24. The highest BCUT2D eigenvalue weighted by Crippen LogP contribution is 2.26. The number of benzene rings is 1. The number of carbonyl (C=O) groups is 2. The summed E-state index contributed by atoms with van der Waals surface area (Å²) in [6.07, 6.45) is 0. The molecule has 8 nitrogen and oxygen atoms in total. The summed E-state index contributed by atoms with van der Waals surface area (Å²) >= 11 is 6.58. The van der Waals surface area contributed by atoms with Gasteiger partial charge in [-0.25, -0.2) is 4.79 Å². The van der Waals surface area contributed by atoms with Gasteiger partial charge in [-0.1, -0.05) is 18.2 Å². The predicted octanol–water partition coefficient (Wildman–Crippen LogP) is 3.84. The Balaban J connectivity index is 1.88. The Kier molecular flexibility index (Phi) is 5.99. The third kappa shape index (κ3) is 3.88. The molecule has 0 fully saturated rings. The Morgan fingerprint density at radius 2 is 1.96 bits per heavy atom. The Morgan fingerprint density at radius 3 is 2.61 bits per heavy atom. The summed E-state index contributed by atoms with van der Waals surface area (Å²) in [5.41, 5.74) is 3.51. The topological polar surface area (TPSA) is 102 Å². The number of nitrogens with zero attached hydrogens (tertiary/aromatic N) is 3. The van der Waals surface area contributed by atoms with Gasteiger partial charge in [0.25, 0.3) is 5.91 Å². The highest BCUT2D eigenvalue weighted by Gasteiger charge is 2.21. The van der Waals surface area contributed by atoms with Gasteiger partial charge in [-0.2, -0.15) is 10.2 Å². The van der Waals surface area contributed by atoms with Crippen molar-refractivity contribution >= 4 is 49.4 Å². The fourth-order valence-corrected chi connectivity index (χ4v) is 3.42. The first kappa shape index (κ1) is 20.3. The maximum atomic E-state index is 12.6. The molecule has 1 amide bonds. The minimum absolute atomic E-state index is 0.231. The number of hydrogen-bond donors (Lipinski definition) is 2. The van der Waals surface area contributed by atoms with Crippen LogP contribution >= 0.6 is 31.9 Å². The van der Waals surface area contributed by atoms with Crippen LogP contribution in [0.15, 0.2) is 33.3 Å². The second kappa shape index (κ2) is 8.27. The molecule has 2 aromatic heterocycles. The smallest absolute Gasteiger partial charge is 0.338 e. The van der Waals surface area contributed by atoms with Crippen LogP contribution in [0.1, 0.15) is 37.8 Å². The summed E-state index contributed by atoms with van der Waals surface area (Å²) in [6, 6.07) is 7.19. The van der Waals surface area contributed by atoms with Gasteiger partial charge in [-0.05, 0) is 57.3 Å². The monoisotopic (exact) mass is 509 g/mol. The number of methoxy groups -OCH3 is 1. The summed E-state index contributed by atoms with van der Waals surface area (Å²) in [5.74, 6) is -0.769. The lowest BCUT2D eigenvalue weighted by Gasteiger charge is -2.10. The zero-order chi connectivity index (χ0) is 20.4. The summed E-state index contributed by atoms with van der Waals surface area (Å²) in [6.45, 7) is 4.03. The summed E-state index contributed by atoms with van der Waals surface area (Å²) in [5, 5.41) is 14.0. The van der Waals surface area contributed by atoms with Crippen LogP contribution in [0.3, 0.4) is 0 Å². The van der Waals surface area contributed by atoms with E-state index < -0.39 is 5.97 Å². The van der Waals surface area contributed by atoms with Crippen molar-refractivity contribution in [2.24, 2.45) is 0 Å². The number of halogens is 2. The molecule has 0 saturated carbocycles. The van der Waals surface area contributed by atoms with E-state index in [0.717, 1.165) is 11.3 Å². The second-order valence-corrected chi connectivity index (χ2v) is 7.59. The molecule has 0 aliphatic rings. The SMILES string of the molecule is COC(=O)c1ccccc1Cn1nc(C)c(NC(=O)c2n[nH]c(Br)c2Br)c1C. The first-order chi connectivity index (χ1) is 13.3. The number of aryl methyl sites for hydroxylation is 1.